The number of carbonyl (C=O) groups is 1. The van der Waals surface area contributed by atoms with Crippen molar-refractivity contribution < 1.29 is 9.72 Å². The number of nitro groups is 1. The molecule has 28 heavy (non-hydrogen) atoms. The fourth-order valence-electron chi connectivity index (χ4n) is 3.05. The maximum Gasteiger partial charge on any atom is 0.274 e. The first-order valence-electron chi connectivity index (χ1n) is 9.14. The molecule has 0 saturated carbocycles. The van der Waals surface area contributed by atoms with Crippen LogP contribution in [0.15, 0.2) is 30.5 Å². The molecule has 3 aromatic rings. The van der Waals surface area contributed by atoms with E-state index in [1.165, 1.54) is 6.07 Å². The number of aromatic nitrogens is 3. The van der Waals surface area contributed by atoms with Gasteiger partial charge in [-0.05, 0) is 38.8 Å². The van der Waals surface area contributed by atoms with Gasteiger partial charge in [0.05, 0.1) is 33.3 Å². The summed E-state index contributed by atoms with van der Waals surface area (Å²) >= 11 is 0. The Morgan fingerprint density at radius 2 is 1.96 bits per heavy atom. The number of hydrogen-bond donors (Lipinski definition) is 1. The van der Waals surface area contributed by atoms with Crippen LogP contribution in [0.4, 0.5) is 11.4 Å². The summed E-state index contributed by atoms with van der Waals surface area (Å²) in [6, 6.07) is 6.49. The zero-order valence-electron chi connectivity index (χ0n) is 16.6. The SMILES string of the molecule is Cc1c(NC(=O)c2cc(C(C)C)nc3c2cnn3C(C)C)cccc1[N+](=O)[O-]. The first-order valence-corrected chi connectivity index (χ1v) is 9.14. The highest BCUT2D eigenvalue weighted by Crippen LogP contribution is 2.28. The van der Waals surface area contributed by atoms with Crippen LogP contribution in [-0.4, -0.2) is 25.6 Å². The van der Waals surface area contributed by atoms with E-state index >= 15 is 0 Å². The zero-order valence-corrected chi connectivity index (χ0v) is 16.6. The molecule has 0 unspecified atom stereocenters. The van der Waals surface area contributed by atoms with E-state index in [9.17, 15) is 14.9 Å². The Bertz CT molecular complexity index is 1070. The summed E-state index contributed by atoms with van der Waals surface area (Å²) in [5, 5.41) is 19.0. The molecule has 0 radical (unpaired) electrons. The summed E-state index contributed by atoms with van der Waals surface area (Å²) in [5.74, 6) is -0.216. The summed E-state index contributed by atoms with van der Waals surface area (Å²) in [6.45, 7) is 9.64. The van der Waals surface area contributed by atoms with Crippen molar-refractivity contribution in [3.63, 3.8) is 0 Å². The first-order chi connectivity index (χ1) is 13.2. The molecule has 0 atom stereocenters. The summed E-state index contributed by atoms with van der Waals surface area (Å²) in [6.07, 6.45) is 1.64. The molecular weight excluding hydrogens is 358 g/mol. The molecule has 1 amide bonds. The number of benzene rings is 1. The molecule has 146 valence electrons. The number of anilines is 1. The average molecular weight is 381 g/mol. The van der Waals surface area contributed by atoms with Gasteiger partial charge in [-0.1, -0.05) is 19.9 Å². The molecule has 8 nitrogen and oxygen atoms in total. The van der Waals surface area contributed by atoms with Gasteiger partial charge < -0.3 is 5.32 Å². The van der Waals surface area contributed by atoms with Crippen LogP contribution < -0.4 is 5.32 Å². The predicted molar refractivity (Wildman–Crippen MR) is 108 cm³/mol. The van der Waals surface area contributed by atoms with E-state index < -0.39 is 4.92 Å². The quantitative estimate of drug-likeness (QED) is 0.514. The van der Waals surface area contributed by atoms with Crippen molar-refractivity contribution in [2.24, 2.45) is 0 Å². The topological polar surface area (TPSA) is 103 Å². The van der Waals surface area contributed by atoms with E-state index in [2.05, 4.69) is 10.4 Å². The third-order valence-electron chi connectivity index (χ3n) is 4.66. The fraction of sp³-hybridized carbons (Fsp3) is 0.350. The number of carbonyl (C=O) groups excluding carboxylic acids is 1. The Hall–Kier alpha value is -3.29. The molecule has 0 aliphatic carbocycles. The highest BCUT2D eigenvalue weighted by Gasteiger charge is 2.21. The number of rotatable bonds is 5. The van der Waals surface area contributed by atoms with Crippen molar-refractivity contribution in [3.8, 4) is 0 Å². The number of hydrogen-bond acceptors (Lipinski definition) is 5. The molecule has 0 fully saturated rings. The largest absolute Gasteiger partial charge is 0.321 e. The second-order valence-corrected chi connectivity index (χ2v) is 7.33. The minimum atomic E-state index is -0.459. The molecule has 1 N–H and O–H groups in total. The molecule has 0 saturated heterocycles. The first kappa shape index (κ1) is 19.5. The van der Waals surface area contributed by atoms with E-state index in [1.807, 2.05) is 27.7 Å². The molecule has 2 aromatic heterocycles. The number of pyridine rings is 1. The lowest BCUT2D eigenvalue weighted by Gasteiger charge is -2.13. The van der Waals surface area contributed by atoms with Crippen LogP contribution in [0, 0.1) is 17.0 Å². The highest BCUT2D eigenvalue weighted by molar-refractivity contribution is 6.12. The number of nitro benzene ring substituents is 1. The monoisotopic (exact) mass is 381 g/mol. The Morgan fingerprint density at radius 3 is 2.57 bits per heavy atom. The van der Waals surface area contributed by atoms with Crippen LogP contribution >= 0.6 is 0 Å². The van der Waals surface area contributed by atoms with Crippen molar-refractivity contribution >= 4 is 28.3 Å². The minimum Gasteiger partial charge on any atom is -0.321 e. The lowest BCUT2D eigenvalue weighted by atomic mass is 10.0. The van der Waals surface area contributed by atoms with Gasteiger partial charge in [0, 0.05) is 17.8 Å². The third-order valence-corrected chi connectivity index (χ3v) is 4.66. The van der Waals surface area contributed by atoms with Crippen molar-refractivity contribution in [2.45, 2.75) is 46.6 Å². The molecule has 8 heteroatoms. The Labute approximate surface area is 162 Å². The van der Waals surface area contributed by atoms with Gasteiger partial charge in [-0.15, -0.1) is 0 Å². The Balaban J connectivity index is 2.09. The lowest BCUT2D eigenvalue weighted by molar-refractivity contribution is -0.385. The molecule has 2 heterocycles. The van der Waals surface area contributed by atoms with Crippen LogP contribution in [0.5, 0.6) is 0 Å². The van der Waals surface area contributed by atoms with Crippen LogP contribution in [0.25, 0.3) is 11.0 Å². The van der Waals surface area contributed by atoms with Gasteiger partial charge in [0.15, 0.2) is 5.65 Å². The van der Waals surface area contributed by atoms with Crippen LogP contribution in [-0.2, 0) is 0 Å². The Morgan fingerprint density at radius 1 is 1.25 bits per heavy atom. The summed E-state index contributed by atoms with van der Waals surface area (Å²) < 4.78 is 1.79. The van der Waals surface area contributed by atoms with Gasteiger partial charge in [-0.2, -0.15) is 5.10 Å². The molecule has 0 bridgehead atoms. The average Bonchev–Trinajstić information content (AvgIpc) is 3.06. The van der Waals surface area contributed by atoms with Crippen LogP contribution in [0.2, 0.25) is 0 Å². The lowest BCUT2D eigenvalue weighted by Crippen LogP contribution is -2.15. The van der Waals surface area contributed by atoms with Gasteiger partial charge in [-0.25, -0.2) is 9.67 Å². The van der Waals surface area contributed by atoms with Gasteiger partial charge in [0.25, 0.3) is 11.6 Å². The van der Waals surface area contributed by atoms with Crippen molar-refractivity contribution in [1.82, 2.24) is 14.8 Å². The number of fused-ring (bicyclic) bond motifs is 1. The minimum absolute atomic E-state index is 0.0341. The van der Waals surface area contributed by atoms with Gasteiger partial charge in [-0.3, -0.25) is 14.9 Å². The van der Waals surface area contributed by atoms with E-state index in [1.54, 1.807) is 36.0 Å². The fourth-order valence-corrected chi connectivity index (χ4v) is 3.05. The highest BCUT2D eigenvalue weighted by atomic mass is 16.6. The molecule has 0 spiro atoms. The summed E-state index contributed by atoms with van der Waals surface area (Å²) in [4.78, 5) is 28.5. The van der Waals surface area contributed by atoms with Crippen molar-refractivity contribution in [3.05, 3.63) is 57.4 Å². The number of nitrogens with one attached hydrogen (secondary N) is 1. The second-order valence-electron chi connectivity index (χ2n) is 7.33. The second kappa shape index (κ2) is 7.38. The third kappa shape index (κ3) is 3.45. The van der Waals surface area contributed by atoms with Crippen molar-refractivity contribution in [2.75, 3.05) is 5.32 Å². The maximum absolute atomic E-state index is 13.1. The van der Waals surface area contributed by atoms with Crippen LogP contribution in [0.3, 0.4) is 0 Å². The molecule has 1 aromatic carbocycles. The van der Waals surface area contributed by atoms with Crippen molar-refractivity contribution in [1.29, 1.82) is 0 Å². The summed E-state index contributed by atoms with van der Waals surface area (Å²) in [5.41, 5.74) is 2.68. The van der Waals surface area contributed by atoms with E-state index in [-0.39, 0.29) is 23.6 Å². The summed E-state index contributed by atoms with van der Waals surface area (Å²) in [7, 11) is 0. The van der Waals surface area contributed by atoms with Gasteiger partial charge in [0.1, 0.15) is 0 Å². The number of amides is 1. The smallest absolute Gasteiger partial charge is 0.274 e. The number of nitrogens with zero attached hydrogens (tertiary/aromatic N) is 4. The molecular formula is C20H23N5O3. The van der Waals surface area contributed by atoms with Gasteiger partial charge in [0.2, 0.25) is 0 Å². The predicted octanol–water partition coefficient (Wildman–Crippen LogP) is 4.60. The van der Waals surface area contributed by atoms with E-state index in [0.29, 0.717) is 27.8 Å². The zero-order chi connectivity index (χ0) is 20.6. The van der Waals surface area contributed by atoms with E-state index in [4.69, 9.17) is 4.98 Å². The molecule has 0 aliphatic heterocycles. The molecule has 0 aliphatic rings. The maximum atomic E-state index is 13.1. The van der Waals surface area contributed by atoms with Gasteiger partial charge >= 0.3 is 0 Å². The molecule has 3 rings (SSSR count). The normalized spacial score (nSPS) is 11.4. The standard InChI is InChI=1S/C20H23N5O3/c1-11(2)17-9-14(15-10-21-24(12(3)4)19(15)22-17)20(26)23-16-7-6-8-18(13(16)5)25(27)28/h6-12H,1-5H3,(H,23,26). The van der Waals surface area contributed by atoms with E-state index in [0.717, 1.165) is 5.69 Å². The van der Waals surface area contributed by atoms with Crippen LogP contribution in [0.1, 0.15) is 61.3 Å². The Kier molecular flexibility index (Phi) is 5.13.